The van der Waals surface area contributed by atoms with E-state index in [-0.39, 0.29) is 35.9 Å². The van der Waals surface area contributed by atoms with Crippen LogP contribution in [-0.4, -0.2) is 40.7 Å². The Morgan fingerprint density at radius 3 is 2.50 bits per heavy atom. The second kappa shape index (κ2) is 8.47. The number of fused-ring (bicyclic) bond motifs is 1. The van der Waals surface area contributed by atoms with Crippen LogP contribution in [0, 0.1) is 11.6 Å². The number of rotatable bonds is 5. The van der Waals surface area contributed by atoms with E-state index in [1.807, 2.05) is 11.4 Å². The van der Waals surface area contributed by atoms with E-state index in [1.165, 1.54) is 40.1 Å². The molecule has 2 heterocycles. The molecular weight excluding hydrogens is 430 g/mol. The van der Waals surface area contributed by atoms with Crippen LogP contribution in [0.4, 0.5) is 8.78 Å². The molecule has 1 unspecified atom stereocenters. The van der Waals surface area contributed by atoms with Crippen LogP contribution in [0.5, 0.6) is 0 Å². The van der Waals surface area contributed by atoms with Crippen molar-refractivity contribution < 1.29 is 18.4 Å². The lowest BCUT2D eigenvalue weighted by molar-refractivity contribution is -0.134. The first-order valence-corrected chi connectivity index (χ1v) is 11.6. The van der Waals surface area contributed by atoms with Gasteiger partial charge in [-0.2, -0.15) is 0 Å². The van der Waals surface area contributed by atoms with Crippen LogP contribution in [0.25, 0.3) is 0 Å². The van der Waals surface area contributed by atoms with Crippen LogP contribution in [0.1, 0.15) is 45.2 Å². The van der Waals surface area contributed by atoms with Crippen LogP contribution in [-0.2, 0) is 11.2 Å². The molecule has 4 nitrogen and oxygen atoms in total. The number of thiophene rings is 1. The molecule has 1 atom stereocenters. The first-order valence-electron chi connectivity index (χ1n) is 10.7. The van der Waals surface area contributed by atoms with Crippen molar-refractivity contribution in [2.24, 2.45) is 0 Å². The van der Waals surface area contributed by atoms with Gasteiger partial charge in [0.2, 0.25) is 5.91 Å². The molecule has 0 N–H and O–H groups in total. The Bertz CT molecular complexity index is 1160. The Hall–Kier alpha value is -3.06. The fourth-order valence-corrected chi connectivity index (χ4v) is 5.27. The van der Waals surface area contributed by atoms with Crippen LogP contribution >= 0.6 is 11.3 Å². The van der Waals surface area contributed by atoms with Crippen LogP contribution in [0.3, 0.4) is 0 Å². The molecule has 2 amide bonds. The second-order valence-electron chi connectivity index (χ2n) is 8.23. The molecule has 0 saturated heterocycles. The van der Waals surface area contributed by atoms with Gasteiger partial charge < -0.3 is 9.80 Å². The molecule has 1 aromatic heterocycles. The zero-order chi connectivity index (χ0) is 22.2. The number of halogens is 2. The lowest BCUT2D eigenvalue weighted by Crippen LogP contribution is -2.47. The summed E-state index contributed by atoms with van der Waals surface area (Å²) >= 11 is 1.66. The summed E-state index contributed by atoms with van der Waals surface area (Å²) in [5.74, 6) is -1.55. The summed E-state index contributed by atoms with van der Waals surface area (Å²) in [5, 5.41) is 2.01. The van der Waals surface area contributed by atoms with E-state index < -0.39 is 11.7 Å². The van der Waals surface area contributed by atoms with E-state index >= 15 is 0 Å². The summed E-state index contributed by atoms with van der Waals surface area (Å²) in [6.07, 6.45) is 2.36. The molecule has 164 valence electrons. The summed E-state index contributed by atoms with van der Waals surface area (Å²) in [7, 11) is 0. The number of hydrogen-bond donors (Lipinski definition) is 0. The topological polar surface area (TPSA) is 40.6 Å². The minimum atomic E-state index is -0.583. The van der Waals surface area contributed by atoms with Gasteiger partial charge in [0, 0.05) is 17.5 Å². The Morgan fingerprint density at radius 2 is 1.78 bits per heavy atom. The van der Waals surface area contributed by atoms with Gasteiger partial charge in [-0.05, 0) is 66.1 Å². The summed E-state index contributed by atoms with van der Waals surface area (Å²) in [4.78, 5) is 31.1. The third-order valence-corrected chi connectivity index (χ3v) is 7.13. The number of amides is 2. The van der Waals surface area contributed by atoms with E-state index in [1.54, 1.807) is 34.4 Å². The minimum Gasteiger partial charge on any atom is -0.330 e. The van der Waals surface area contributed by atoms with Crippen molar-refractivity contribution in [3.8, 4) is 0 Å². The van der Waals surface area contributed by atoms with E-state index in [2.05, 4.69) is 0 Å². The van der Waals surface area contributed by atoms with Crippen molar-refractivity contribution in [3.63, 3.8) is 0 Å². The monoisotopic (exact) mass is 452 g/mol. The smallest absolute Gasteiger partial charge is 0.257 e. The van der Waals surface area contributed by atoms with E-state index in [0.717, 1.165) is 30.4 Å². The van der Waals surface area contributed by atoms with Crippen molar-refractivity contribution in [2.75, 3.05) is 13.1 Å². The molecule has 7 heteroatoms. The maximum Gasteiger partial charge on any atom is 0.257 e. The van der Waals surface area contributed by atoms with E-state index in [9.17, 15) is 18.4 Å². The SMILES string of the molecule is O=C(c1ccccc1F)N(CC(=O)N1CCc2sccc2C1c1ccc(F)cc1)C1CC1. The molecule has 0 radical (unpaired) electrons. The van der Waals surface area contributed by atoms with Crippen LogP contribution in [0.2, 0.25) is 0 Å². The maximum absolute atomic E-state index is 14.2. The highest BCUT2D eigenvalue weighted by Crippen LogP contribution is 2.38. The highest BCUT2D eigenvalue weighted by Gasteiger charge is 2.38. The van der Waals surface area contributed by atoms with Crippen LogP contribution in [0.15, 0.2) is 60.0 Å². The highest BCUT2D eigenvalue weighted by molar-refractivity contribution is 7.10. The molecule has 1 aliphatic heterocycles. The maximum atomic E-state index is 14.2. The Kier molecular flexibility index (Phi) is 5.51. The fourth-order valence-electron chi connectivity index (χ4n) is 4.37. The standard InChI is InChI=1S/C25H22F2N2O2S/c26-17-7-5-16(6-8-17)24-20-12-14-32-22(20)11-13-28(24)23(30)15-29(18-9-10-18)25(31)19-3-1-2-4-21(19)27/h1-8,12,14,18,24H,9-11,13,15H2. The molecule has 1 aliphatic carbocycles. The van der Waals surface area contributed by atoms with Crippen molar-refractivity contribution in [2.45, 2.75) is 31.3 Å². The molecule has 2 aromatic carbocycles. The average molecular weight is 453 g/mol. The van der Waals surface area contributed by atoms with Gasteiger partial charge in [-0.3, -0.25) is 9.59 Å². The molecule has 1 saturated carbocycles. The lowest BCUT2D eigenvalue weighted by atomic mass is 9.93. The van der Waals surface area contributed by atoms with Gasteiger partial charge in [0.25, 0.3) is 5.91 Å². The number of carbonyl (C=O) groups is 2. The molecule has 3 aromatic rings. The lowest BCUT2D eigenvalue weighted by Gasteiger charge is -2.37. The Morgan fingerprint density at radius 1 is 1.03 bits per heavy atom. The molecule has 2 aliphatic rings. The number of nitrogens with zero attached hydrogens (tertiary/aromatic N) is 2. The molecule has 0 bridgehead atoms. The third kappa shape index (κ3) is 3.93. The average Bonchev–Trinajstić information content (AvgIpc) is 3.53. The Balaban J connectivity index is 1.43. The predicted octanol–water partition coefficient (Wildman–Crippen LogP) is 4.81. The van der Waals surface area contributed by atoms with Crippen molar-refractivity contribution >= 4 is 23.2 Å². The highest BCUT2D eigenvalue weighted by atomic mass is 32.1. The van der Waals surface area contributed by atoms with Crippen LogP contribution < -0.4 is 0 Å². The Labute approximate surface area is 189 Å². The fraction of sp³-hybridized carbons (Fsp3) is 0.280. The zero-order valence-corrected chi connectivity index (χ0v) is 18.2. The quantitative estimate of drug-likeness (QED) is 0.558. The summed E-state index contributed by atoms with van der Waals surface area (Å²) in [6, 6.07) is 13.7. The van der Waals surface area contributed by atoms with Gasteiger partial charge in [0.1, 0.15) is 18.2 Å². The first-order chi connectivity index (χ1) is 15.5. The van der Waals surface area contributed by atoms with Gasteiger partial charge in [0.05, 0.1) is 11.6 Å². The van der Waals surface area contributed by atoms with Gasteiger partial charge in [-0.15, -0.1) is 11.3 Å². The second-order valence-corrected chi connectivity index (χ2v) is 9.24. The van der Waals surface area contributed by atoms with Gasteiger partial charge in [-0.25, -0.2) is 8.78 Å². The van der Waals surface area contributed by atoms with Crippen molar-refractivity contribution in [1.29, 1.82) is 0 Å². The van der Waals surface area contributed by atoms with Gasteiger partial charge in [-0.1, -0.05) is 24.3 Å². The number of benzene rings is 2. The first kappa shape index (κ1) is 20.8. The zero-order valence-electron chi connectivity index (χ0n) is 17.3. The normalized spacial score (nSPS) is 17.7. The minimum absolute atomic E-state index is 0.0129. The molecular formula is C25H22F2N2O2S. The van der Waals surface area contributed by atoms with Gasteiger partial charge >= 0.3 is 0 Å². The number of carbonyl (C=O) groups excluding carboxylic acids is 2. The molecule has 5 rings (SSSR count). The third-order valence-electron chi connectivity index (χ3n) is 6.13. The largest absolute Gasteiger partial charge is 0.330 e. The van der Waals surface area contributed by atoms with Crippen molar-refractivity contribution in [3.05, 3.63) is 93.2 Å². The van der Waals surface area contributed by atoms with Crippen molar-refractivity contribution in [1.82, 2.24) is 9.80 Å². The van der Waals surface area contributed by atoms with E-state index in [4.69, 9.17) is 0 Å². The summed E-state index contributed by atoms with van der Waals surface area (Å²) in [5.41, 5.74) is 1.86. The molecule has 0 spiro atoms. The predicted molar refractivity (Wildman–Crippen MR) is 118 cm³/mol. The summed E-state index contributed by atoms with van der Waals surface area (Å²) < 4.78 is 27.8. The van der Waals surface area contributed by atoms with E-state index in [0.29, 0.717) is 6.54 Å². The molecule has 32 heavy (non-hydrogen) atoms. The van der Waals surface area contributed by atoms with Gasteiger partial charge in [0.15, 0.2) is 0 Å². The molecule has 1 fully saturated rings. The number of hydrogen-bond acceptors (Lipinski definition) is 3. The summed E-state index contributed by atoms with van der Waals surface area (Å²) in [6.45, 7) is 0.412.